The fraction of sp³-hybridized carbons (Fsp3) is 0.462. The molecule has 0 aliphatic rings. The highest BCUT2D eigenvalue weighted by Gasteiger charge is 2.14. The highest BCUT2D eigenvalue weighted by Crippen LogP contribution is 2.22. The van der Waals surface area contributed by atoms with E-state index in [1.807, 2.05) is 6.07 Å². The van der Waals surface area contributed by atoms with Gasteiger partial charge in [-0.1, -0.05) is 34.0 Å². The monoisotopic (exact) mass is 351 g/mol. The fourth-order valence-electron chi connectivity index (χ4n) is 1.59. The first-order chi connectivity index (χ1) is 8.56. The van der Waals surface area contributed by atoms with E-state index >= 15 is 0 Å². The number of halogens is 3. The molecule has 1 amide bonds. The molecule has 0 unspecified atom stereocenters. The summed E-state index contributed by atoms with van der Waals surface area (Å²) in [4.78, 5) is 13.8. The summed E-state index contributed by atoms with van der Waals surface area (Å²) in [6.07, 6.45) is 2.99. The zero-order chi connectivity index (χ0) is 13.5. The molecule has 0 spiro atoms. The van der Waals surface area contributed by atoms with Crippen LogP contribution in [0.4, 0.5) is 0 Å². The van der Waals surface area contributed by atoms with Crippen LogP contribution in [0.2, 0.25) is 5.02 Å². The summed E-state index contributed by atoms with van der Waals surface area (Å²) in [7, 11) is 1.79. The summed E-state index contributed by atoms with van der Waals surface area (Å²) in [6.45, 7) is 0.724. The van der Waals surface area contributed by atoms with Gasteiger partial charge in [0.05, 0.1) is 10.6 Å². The predicted molar refractivity (Wildman–Crippen MR) is 80.7 cm³/mol. The molecule has 1 aromatic carbocycles. The van der Waals surface area contributed by atoms with E-state index in [1.165, 1.54) is 0 Å². The molecule has 100 valence electrons. The molecule has 0 N–H and O–H groups in total. The van der Waals surface area contributed by atoms with Crippen molar-refractivity contribution in [1.82, 2.24) is 4.90 Å². The number of unbranched alkanes of at least 4 members (excludes halogenated alkanes) is 2. The molecule has 0 saturated heterocycles. The molecule has 0 aliphatic heterocycles. The molecule has 5 heteroatoms. The van der Waals surface area contributed by atoms with E-state index in [2.05, 4.69) is 15.9 Å². The maximum absolute atomic E-state index is 12.1. The van der Waals surface area contributed by atoms with Crippen LogP contribution in [0.5, 0.6) is 0 Å². The molecule has 1 aromatic rings. The van der Waals surface area contributed by atoms with Gasteiger partial charge in [-0.2, -0.15) is 0 Å². The SMILES string of the molecule is CN(CCCCCCl)C(=O)c1ccc(Br)cc1Cl. The van der Waals surface area contributed by atoms with Crippen molar-refractivity contribution in [3.8, 4) is 0 Å². The Balaban J connectivity index is 2.57. The number of hydrogen-bond acceptors (Lipinski definition) is 1. The van der Waals surface area contributed by atoms with E-state index in [0.29, 0.717) is 16.5 Å². The second-order valence-corrected chi connectivity index (χ2v) is 5.80. The van der Waals surface area contributed by atoms with Crippen LogP contribution >= 0.6 is 39.1 Å². The van der Waals surface area contributed by atoms with Crippen LogP contribution in [0.25, 0.3) is 0 Å². The molecule has 0 heterocycles. The molecule has 2 nitrogen and oxygen atoms in total. The molecule has 1 rings (SSSR count). The number of hydrogen-bond donors (Lipinski definition) is 0. The van der Waals surface area contributed by atoms with Crippen LogP contribution in [0, 0.1) is 0 Å². The Morgan fingerprint density at radius 2 is 2.06 bits per heavy atom. The third-order valence-electron chi connectivity index (χ3n) is 2.64. The fourth-order valence-corrected chi connectivity index (χ4v) is 2.53. The first kappa shape index (κ1) is 15.8. The maximum atomic E-state index is 12.1. The van der Waals surface area contributed by atoms with Crippen molar-refractivity contribution in [1.29, 1.82) is 0 Å². The van der Waals surface area contributed by atoms with Gasteiger partial charge in [0.1, 0.15) is 0 Å². The molecular weight excluding hydrogens is 337 g/mol. The minimum absolute atomic E-state index is 0.0432. The topological polar surface area (TPSA) is 20.3 Å². The van der Waals surface area contributed by atoms with Crippen molar-refractivity contribution in [2.45, 2.75) is 19.3 Å². The number of carbonyl (C=O) groups excluding carboxylic acids is 1. The van der Waals surface area contributed by atoms with E-state index in [4.69, 9.17) is 23.2 Å². The highest BCUT2D eigenvalue weighted by atomic mass is 79.9. The lowest BCUT2D eigenvalue weighted by Crippen LogP contribution is -2.28. The molecule has 0 saturated carbocycles. The van der Waals surface area contributed by atoms with E-state index < -0.39 is 0 Å². The van der Waals surface area contributed by atoms with Gasteiger partial charge in [0.15, 0.2) is 0 Å². The van der Waals surface area contributed by atoms with Crippen LogP contribution in [-0.2, 0) is 0 Å². The van der Waals surface area contributed by atoms with Crippen molar-refractivity contribution in [3.05, 3.63) is 33.3 Å². The lowest BCUT2D eigenvalue weighted by Gasteiger charge is -2.17. The summed E-state index contributed by atoms with van der Waals surface area (Å²) in [5, 5.41) is 0.474. The minimum Gasteiger partial charge on any atom is -0.342 e. The van der Waals surface area contributed by atoms with Crippen LogP contribution < -0.4 is 0 Å². The number of carbonyl (C=O) groups is 1. The maximum Gasteiger partial charge on any atom is 0.255 e. The van der Waals surface area contributed by atoms with Gasteiger partial charge in [-0.15, -0.1) is 11.6 Å². The molecule has 0 aromatic heterocycles. The Morgan fingerprint density at radius 1 is 1.33 bits per heavy atom. The van der Waals surface area contributed by atoms with Crippen LogP contribution in [0.1, 0.15) is 29.6 Å². The van der Waals surface area contributed by atoms with Gasteiger partial charge in [-0.25, -0.2) is 0 Å². The Bertz CT molecular complexity index is 412. The second-order valence-electron chi connectivity index (χ2n) is 4.10. The van der Waals surface area contributed by atoms with Crippen LogP contribution in [-0.4, -0.2) is 30.3 Å². The zero-order valence-corrected chi connectivity index (χ0v) is 13.4. The van der Waals surface area contributed by atoms with Gasteiger partial charge < -0.3 is 4.90 Å². The average Bonchev–Trinajstić information content (AvgIpc) is 2.33. The molecule has 0 radical (unpaired) electrons. The molecule has 0 bridgehead atoms. The van der Waals surface area contributed by atoms with Gasteiger partial charge in [0, 0.05) is 23.9 Å². The van der Waals surface area contributed by atoms with Gasteiger partial charge in [-0.3, -0.25) is 4.79 Å². The lowest BCUT2D eigenvalue weighted by atomic mass is 10.2. The van der Waals surface area contributed by atoms with Crippen molar-refractivity contribution < 1.29 is 4.79 Å². The van der Waals surface area contributed by atoms with Crippen molar-refractivity contribution in [2.24, 2.45) is 0 Å². The largest absolute Gasteiger partial charge is 0.342 e. The van der Waals surface area contributed by atoms with Gasteiger partial charge in [-0.05, 0) is 31.0 Å². The summed E-state index contributed by atoms with van der Waals surface area (Å²) in [5.41, 5.74) is 0.541. The Labute approximate surface area is 126 Å². The van der Waals surface area contributed by atoms with Crippen molar-refractivity contribution >= 4 is 45.0 Å². The number of benzene rings is 1. The number of alkyl halides is 1. The Kier molecular flexibility index (Phi) is 7.05. The summed E-state index contributed by atoms with van der Waals surface area (Å²) < 4.78 is 0.869. The average molecular weight is 353 g/mol. The number of nitrogens with zero attached hydrogens (tertiary/aromatic N) is 1. The minimum atomic E-state index is -0.0432. The molecule has 0 atom stereocenters. The smallest absolute Gasteiger partial charge is 0.255 e. The van der Waals surface area contributed by atoms with Crippen molar-refractivity contribution in [3.63, 3.8) is 0 Å². The van der Waals surface area contributed by atoms with Gasteiger partial charge in [0.2, 0.25) is 0 Å². The summed E-state index contributed by atoms with van der Waals surface area (Å²) in [5.74, 6) is 0.634. The summed E-state index contributed by atoms with van der Waals surface area (Å²) >= 11 is 15.0. The second kappa shape index (κ2) is 8.03. The van der Waals surface area contributed by atoms with Crippen LogP contribution in [0.15, 0.2) is 22.7 Å². The predicted octanol–water partition coefficient (Wildman–Crippen LogP) is 4.58. The van der Waals surface area contributed by atoms with E-state index in [-0.39, 0.29) is 5.91 Å². The van der Waals surface area contributed by atoms with Gasteiger partial charge in [0.25, 0.3) is 5.91 Å². The Morgan fingerprint density at radius 3 is 2.67 bits per heavy atom. The van der Waals surface area contributed by atoms with E-state index in [0.717, 1.165) is 30.3 Å². The first-order valence-corrected chi connectivity index (χ1v) is 7.53. The molecule has 0 aliphatic carbocycles. The van der Waals surface area contributed by atoms with Gasteiger partial charge >= 0.3 is 0 Å². The van der Waals surface area contributed by atoms with E-state index in [1.54, 1.807) is 24.1 Å². The summed E-state index contributed by atoms with van der Waals surface area (Å²) in [6, 6.07) is 5.29. The van der Waals surface area contributed by atoms with E-state index in [9.17, 15) is 4.79 Å². The number of rotatable bonds is 6. The third-order valence-corrected chi connectivity index (χ3v) is 3.71. The van der Waals surface area contributed by atoms with Crippen LogP contribution in [0.3, 0.4) is 0 Å². The lowest BCUT2D eigenvalue weighted by molar-refractivity contribution is 0.0793. The zero-order valence-electron chi connectivity index (χ0n) is 10.3. The molecule has 18 heavy (non-hydrogen) atoms. The third kappa shape index (κ3) is 4.79. The Hall–Kier alpha value is -0.250. The highest BCUT2D eigenvalue weighted by molar-refractivity contribution is 9.10. The number of amides is 1. The molecular formula is C13H16BrCl2NO. The molecule has 0 fully saturated rings. The quantitative estimate of drug-likeness (QED) is 0.541. The normalized spacial score (nSPS) is 10.4. The van der Waals surface area contributed by atoms with Crippen molar-refractivity contribution in [2.75, 3.05) is 19.5 Å². The first-order valence-electron chi connectivity index (χ1n) is 5.82. The standard InChI is InChI=1S/C13H16BrCl2NO/c1-17(8-4-2-3-7-15)13(18)11-6-5-10(14)9-12(11)16/h5-6,9H,2-4,7-8H2,1H3.